The summed E-state index contributed by atoms with van der Waals surface area (Å²) >= 11 is 5.25. The molecule has 19 N–H and O–H groups in total. The maximum Gasteiger partial charge on any atom is 0.325 e. The van der Waals surface area contributed by atoms with Crippen molar-refractivity contribution in [3.05, 3.63) is 12.7 Å². The van der Waals surface area contributed by atoms with Crippen molar-refractivity contribution in [1.29, 1.82) is 0 Å². The molecule has 2 aromatic heterocycles. The molecule has 2 aromatic rings. The van der Waals surface area contributed by atoms with Gasteiger partial charge in [-0.25, -0.2) is 15.0 Å². The zero-order valence-electron chi connectivity index (χ0n) is 28.7. The van der Waals surface area contributed by atoms with Gasteiger partial charge < -0.3 is 98.1 Å². The fraction of sp³-hybridized carbons (Fsp3) is 0.821. The van der Waals surface area contributed by atoms with Gasteiger partial charge in [0, 0.05) is 18.6 Å². The Morgan fingerprint density at radius 3 is 2.15 bits per heavy atom. The highest BCUT2D eigenvalue weighted by atomic mass is 32.5. The number of anilines is 1. The number of aliphatic hydroxyl groups is 6. The Morgan fingerprint density at radius 1 is 0.815 bits per heavy atom. The van der Waals surface area contributed by atoms with Crippen molar-refractivity contribution in [2.24, 2.45) is 28.7 Å². The van der Waals surface area contributed by atoms with Crippen LogP contribution in [0, 0.1) is 0 Å². The van der Waals surface area contributed by atoms with Crippen LogP contribution in [0.25, 0.3) is 11.2 Å². The van der Waals surface area contributed by atoms with Crippen molar-refractivity contribution < 1.29 is 68.3 Å². The summed E-state index contributed by atoms with van der Waals surface area (Å²) in [6.45, 7) is -5.70. The van der Waals surface area contributed by atoms with Crippen LogP contribution in [-0.4, -0.2) is 179 Å². The molecule has 0 spiro atoms. The van der Waals surface area contributed by atoms with Gasteiger partial charge in [0.2, 0.25) is 0 Å². The number of ether oxygens (including phenoxy) is 5. The molecule has 24 nitrogen and oxygen atoms in total. The third-order valence-corrected chi connectivity index (χ3v) is 11.6. The Balaban J connectivity index is 1.14. The van der Waals surface area contributed by atoms with Gasteiger partial charge in [0.05, 0.1) is 43.8 Å². The van der Waals surface area contributed by atoms with Crippen LogP contribution in [0.15, 0.2) is 12.7 Å². The molecule has 19 atom stereocenters. The van der Waals surface area contributed by atoms with Gasteiger partial charge in [-0.2, -0.15) is 0 Å². The Hall–Kier alpha value is -1.76. The molecule has 3 aliphatic heterocycles. The van der Waals surface area contributed by atoms with E-state index in [1.807, 2.05) is 0 Å². The Morgan fingerprint density at radius 2 is 1.48 bits per heavy atom. The van der Waals surface area contributed by atoms with E-state index >= 15 is 0 Å². The summed E-state index contributed by atoms with van der Waals surface area (Å²) < 4.78 is 42.1. The SMILES string of the molecule is NCC1OC(OC2C(N)CC(N)C(OC3OC(CO)C(O)C(N)C3OP(O)(=S)OCC3OC(n4cnc5c(N)ncnc54)C(O)C3O)C2O)C(N)CC1O. The van der Waals surface area contributed by atoms with Crippen LogP contribution >= 0.6 is 6.72 Å². The number of nitrogens with two attached hydrogens (primary N) is 6. The van der Waals surface area contributed by atoms with E-state index in [-0.39, 0.29) is 36.4 Å². The molecule has 1 saturated carbocycles. The van der Waals surface area contributed by atoms with Crippen molar-refractivity contribution in [3.8, 4) is 0 Å². The number of nitrogen functional groups attached to an aromatic ring is 1. The molecule has 4 fully saturated rings. The summed E-state index contributed by atoms with van der Waals surface area (Å²) in [5.74, 6) is 0.0884. The average Bonchev–Trinajstić information content (AvgIpc) is 3.68. The minimum atomic E-state index is -4.37. The third kappa shape index (κ3) is 8.43. The summed E-state index contributed by atoms with van der Waals surface area (Å²) in [6, 6.07) is -3.97. The van der Waals surface area contributed by atoms with Crippen molar-refractivity contribution in [2.75, 3.05) is 25.5 Å². The molecule has 1 aliphatic carbocycles. The van der Waals surface area contributed by atoms with Crippen LogP contribution in [0.1, 0.15) is 19.1 Å². The topological polar surface area (TPSA) is 406 Å². The van der Waals surface area contributed by atoms with Gasteiger partial charge in [0.25, 0.3) is 0 Å². The first-order valence-electron chi connectivity index (χ1n) is 17.1. The molecule has 0 radical (unpaired) electrons. The number of imidazole rings is 1. The first-order chi connectivity index (χ1) is 25.5. The lowest BCUT2D eigenvalue weighted by atomic mass is 9.84. The summed E-state index contributed by atoms with van der Waals surface area (Å²) in [7, 11) is 0. The third-order valence-electron chi connectivity index (χ3n) is 10.0. The number of nitrogens with zero attached hydrogens (tertiary/aromatic N) is 4. The lowest BCUT2D eigenvalue weighted by Crippen LogP contribution is -2.68. The molecule has 5 heterocycles. The van der Waals surface area contributed by atoms with E-state index < -0.39 is 130 Å². The van der Waals surface area contributed by atoms with Crippen LogP contribution in [0.2, 0.25) is 0 Å². The number of aromatic nitrogens is 4. The Kier molecular flexibility index (Phi) is 13.2. The van der Waals surface area contributed by atoms with Crippen LogP contribution in [0.5, 0.6) is 0 Å². The van der Waals surface area contributed by atoms with Crippen LogP contribution in [-0.2, 0) is 44.5 Å². The maximum atomic E-state index is 11.5. The van der Waals surface area contributed by atoms with E-state index in [2.05, 4.69) is 15.0 Å². The highest BCUT2D eigenvalue weighted by Gasteiger charge is 2.52. The molecule has 54 heavy (non-hydrogen) atoms. The van der Waals surface area contributed by atoms with E-state index in [1.165, 1.54) is 17.2 Å². The molecule has 6 rings (SSSR count). The zero-order valence-corrected chi connectivity index (χ0v) is 30.4. The second-order valence-electron chi connectivity index (χ2n) is 13.8. The fourth-order valence-electron chi connectivity index (χ4n) is 7.04. The number of fused-ring (bicyclic) bond motifs is 1. The van der Waals surface area contributed by atoms with Crippen molar-refractivity contribution in [2.45, 2.75) is 123 Å². The number of rotatable bonds is 12. The van der Waals surface area contributed by atoms with Crippen LogP contribution in [0.3, 0.4) is 0 Å². The van der Waals surface area contributed by atoms with Gasteiger partial charge in [-0.1, -0.05) is 0 Å². The van der Waals surface area contributed by atoms with E-state index in [1.54, 1.807) is 0 Å². The maximum absolute atomic E-state index is 11.5. The molecule has 0 bridgehead atoms. The predicted molar refractivity (Wildman–Crippen MR) is 185 cm³/mol. The van der Waals surface area contributed by atoms with E-state index in [9.17, 15) is 35.5 Å². The molecule has 4 aliphatic rings. The molecule has 0 aromatic carbocycles. The van der Waals surface area contributed by atoms with Crippen molar-refractivity contribution in [3.63, 3.8) is 0 Å². The minimum absolute atomic E-state index is 0.0187. The van der Waals surface area contributed by atoms with E-state index in [0.29, 0.717) is 0 Å². The first kappa shape index (κ1) is 41.9. The van der Waals surface area contributed by atoms with E-state index in [0.717, 1.165) is 0 Å². The molecular weight excluding hydrogens is 763 g/mol. The number of aliphatic hydroxyl groups excluding tert-OH is 6. The largest absolute Gasteiger partial charge is 0.394 e. The van der Waals surface area contributed by atoms with Gasteiger partial charge in [-0.05, 0) is 24.6 Å². The number of hydrogen-bond acceptors (Lipinski definition) is 23. The quantitative estimate of drug-likeness (QED) is 0.0886. The second kappa shape index (κ2) is 17.0. The highest BCUT2D eigenvalue weighted by molar-refractivity contribution is 8.07. The monoisotopic (exact) mass is 812 g/mol. The van der Waals surface area contributed by atoms with Crippen LogP contribution < -0.4 is 34.4 Å². The molecule has 0 amide bonds. The van der Waals surface area contributed by atoms with Gasteiger partial charge in [-0.3, -0.25) is 9.09 Å². The van der Waals surface area contributed by atoms with Crippen molar-refractivity contribution >= 4 is 35.5 Å². The normalized spacial score (nSPS) is 44.4. The lowest BCUT2D eigenvalue weighted by molar-refractivity contribution is -0.312. The van der Waals surface area contributed by atoms with Gasteiger partial charge >= 0.3 is 6.72 Å². The Bertz CT molecular complexity index is 1630. The smallest absolute Gasteiger partial charge is 0.325 e. The minimum Gasteiger partial charge on any atom is -0.394 e. The van der Waals surface area contributed by atoms with Crippen LogP contribution in [0.4, 0.5) is 5.82 Å². The summed E-state index contributed by atoms with van der Waals surface area (Å²) in [6.07, 6.45) is -15.7. The molecule has 26 heteroatoms. The Labute approximate surface area is 312 Å². The van der Waals surface area contributed by atoms with Gasteiger partial charge in [-0.15, -0.1) is 0 Å². The molecular formula is C28H49N10O14PS. The molecule has 306 valence electrons. The average molecular weight is 813 g/mol. The van der Waals surface area contributed by atoms with Crippen molar-refractivity contribution in [1.82, 2.24) is 19.5 Å². The van der Waals surface area contributed by atoms with Gasteiger partial charge in [0.1, 0.15) is 66.8 Å². The zero-order chi connectivity index (χ0) is 39.2. The second-order valence-corrected chi connectivity index (χ2v) is 16.5. The molecule has 3 saturated heterocycles. The molecule has 19 unspecified atom stereocenters. The standard InChI is InChI=1S/C28H49N10O14PS/c29-3-12-11(40)2-10(32)27(48-12)50-21-8(30)1-9(31)22(20(21)44)51-28-23(15(33)17(41)13(4-39)49-28)52-53(45,54)46-5-14-18(42)19(43)26(47-14)38-7-37-16-24(34)35-6-36-25(16)38/h6-15,17-23,26-28,39-44H,1-5,29-33H2,(H,45,54)(H2,34,35,36). The summed E-state index contributed by atoms with van der Waals surface area (Å²) in [5, 5.41) is 64.0. The highest BCUT2D eigenvalue weighted by Crippen LogP contribution is 2.48. The van der Waals surface area contributed by atoms with E-state index in [4.69, 9.17) is 78.9 Å². The predicted octanol–water partition coefficient (Wildman–Crippen LogP) is -7.00. The fourth-order valence-corrected chi connectivity index (χ4v) is 8.46. The lowest BCUT2D eigenvalue weighted by Gasteiger charge is -2.48. The van der Waals surface area contributed by atoms with Gasteiger partial charge in [0.15, 0.2) is 30.3 Å². The number of hydrogen-bond donors (Lipinski definition) is 13. The first-order valence-corrected chi connectivity index (χ1v) is 19.7. The summed E-state index contributed by atoms with van der Waals surface area (Å²) in [4.78, 5) is 23.3. The summed E-state index contributed by atoms with van der Waals surface area (Å²) in [5.41, 5.74) is 37.2.